The number of aromatic nitrogens is 1. The van der Waals surface area contributed by atoms with Crippen LogP contribution in [-0.4, -0.2) is 47.7 Å². The van der Waals surface area contributed by atoms with Crippen LogP contribution in [0.15, 0.2) is 48.8 Å². The Kier molecular flexibility index (Phi) is 7.75. The van der Waals surface area contributed by atoms with Gasteiger partial charge in [-0.25, -0.2) is 0 Å². The van der Waals surface area contributed by atoms with Crippen molar-refractivity contribution in [3.05, 3.63) is 54.4 Å². The van der Waals surface area contributed by atoms with Crippen molar-refractivity contribution in [2.45, 2.75) is 53.7 Å². The van der Waals surface area contributed by atoms with E-state index >= 15 is 0 Å². The first kappa shape index (κ1) is 22.5. The van der Waals surface area contributed by atoms with Crippen molar-refractivity contribution in [2.75, 3.05) is 6.61 Å². The minimum atomic E-state index is -2.21. The molecule has 0 spiro atoms. The fourth-order valence-electron chi connectivity index (χ4n) is 2.63. The Bertz CT molecular complexity index is 767. The van der Waals surface area contributed by atoms with E-state index in [2.05, 4.69) is 31.2 Å². The summed E-state index contributed by atoms with van der Waals surface area (Å²) in [6, 6.07) is 11.9. The van der Waals surface area contributed by atoms with Gasteiger partial charge in [0.2, 0.25) is 0 Å². The van der Waals surface area contributed by atoms with Crippen molar-refractivity contribution in [1.82, 2.24) is 10.3 Å². The second-order valence-electron chi connectivity index (χ2n) is 9.00. The number of carbonyl (C=O) groups excluding carboxylic acids is 1. The molecule has 0 aliphatic heterocycles. The van der Waals surface area contributed by atoms with Gasteiger partial charge in [0.05, 0.1) is 0 Å². The molecule has 1 aromatic carbocycles. The van der Waals surface area contributed by atoms with E-state index in [1.54, 1.807) is 6.20 Å². The van der Waals surface area contributed by atoms with Crippen molar-refractivity contribution >= 4 is 28.0 Å². The summed E-state index contributed by atoms with van der Waals surface area (Å²) in [4.78, 5) is 23.6. The van der Waals surface area contributed by atoms with Gasteiger partial charge in [-0.1, -0.05) is 0 Å². The fourth-order valence-corrected chi connectivity index (χ4v) is 5.59. The van der Waals surface area contributed by atoms with Crippen LogP contribution in [-0.2, 0) is 11.2 Å². The molecule has 1 heterocycles. The van der Waals surface area contributed by atoms with Gasteiger partial charge in [0.1, 0.15) is 0 Å². The molecular formula is C22H32N2O3Sn. The fraction of sp³-hybridized carbons (Fsp3) is 0.455. The molecule has 2 rings (SSSR count). The predicted molar refractivity (Wildman–Crippen MR) is 116 cm³/mol. The summed E-state index contributed by atoms with van der Waals surface area (Å²) in [6.07, 6.45) is 3.90. The first-order chi connectivity index (χ1) is 13.0. The molecule has 5 nitrogen and oxygen atoms in total. The first-order valence-electron chi connectivity index (χ1n) is 9.65. The number of alkyl carbamates (subject to hydrolysis) is 1. The number of hydrogen-bond donors (Lipinski definition) is 1. The Morgan fingerprint density at radius 1 is 1.14 bits per heavy atom. The van der Waals surface area contributed by atoms with Gasteiger partial charge in [0.15, 0.2) is 0 Å². The summed E-state index contributed by atoms with van der Waals surface area (Å²) in [5, 5.41) is 2.94. The van der Waals surface area contributed by atoms with Crippen LogP contribution in [0.5, 0.6) is 5.75 Å². The Morgan fingerprint density at radius 2 is 1.82 bits per heavy atom. The molecule has 1 unspecified atom stereocenters. The summed E-state index contributed by atoms with van der Waals surface area (Å²) in [5.41, 5.74) is 0.588. The monoisotopic (exact) mass is 492 g/mol. The average Bonchev–Trinajstić information content (AvgIpc) is 2.58. The molecule has 0 aliphatic rings. The normalized spacial score (nSPS) is 12.9. The molecule has 1 amide bonds. The number of pyridine rings is 1. The number of nitrogens with one attached hydrogen (secondary N) is 1. The molecule has 0 saturated carbocycles. The zero-order valence-electron chi connectivity index (χ0n) is 17.8. The van der Waals surface area contributed by atoms with Crippen LogP contribution in [0, 0.1) is 0 Å². The Labute approximate surface area is 172 Å². The van der Waals surface area contributed by atoms with Gasteiger partial charge in [-0.15, -0.1) is 0 Å². The number of amides is 1. The topological polar surface area (TPSA) is 60.5 Å². The molecule has 152 valence electrons. The molecule has 0 aliphatic carbocycles. The third-order valence-electron chi connectivity index (χ3n) is 4.08. The maximum atomic E-state index is 12.3. The van der Waals surface area contributed by atoms with E-state index in [9.17, 15) is 4.79 Å². The van der Waals surface area contributed by atoms with E-state index < -0.39 is 30.1 Å². The van der Waals surface area contributed by atoms with Crippen molar-refractivity contribution < 1.29 is 14.3 Å². The van der Waals surface area contributed by atoms with Crippen LogP contribution in [0.25, 0.3) is 0 Å². The third-order valence-corrected chi connectivity index (χ3v) is 9.80. The summed E-state index contributed by atoms with van der Waals surface area (Å²) < 4.78 is 12.7. The van der Waals surface area contributed by atoms with Crippen molar-refractivity contribution in [3.63, 3.8) is 0 Å². The average molecular weight is 491 g/mol. The van der Waals surface area contributed by atoms with Gasteiger partial charge in [0, 0.05) is 0 Å². The van der Waals surface area contributed by atoms with Crippen LogP contribution in [0.2, 0.25) is 14.8 Å². The van der Waals surface area contributed by atoms with Crippen molar-refractivity contribution in [1.29, 1.82) is 0 Å². The number of hydrogen-bond acceptors (Lipinski definition) is 4. The van der Waals surface area contributed by atoms with Crippen LogP contribution >= 0.6 is 0 Å². The van der Waals surface area contributed by atoms with Crippen LogP contribution in [0.4, 0.5) is 4.79 Å². The molecule has 0 radical (unpaired) electrons. The summed E-state index contributed by atoms with van der Waals surface area (Å²) in [6.45, 7) is 5.90. The number of rotatable bonds is 7. The van der Waals surface area contributed by atoms with Gasteiger partial charge in [-0.2, -0.15) is 0 Å². The quantitative estimate of drug-likeness (QED) is 0.592. The molecular weight excluding hydrogens is 459 g/mol. The Balaban J connectivity index is 2.07. The summed E-state index contributed by atoms with van der Waals surface area (Å²) in [5.74, 6) is 0.744. The first-order valence-corrected chi connectivity index (χ1v) is 19.6. The number of benzene rings is 1. The van der Waals surface area contributed by atoms with E-state index in [1.807, 2.05) is 57.3 Å². The molecule has 0 saturated heterocycles. The zero-order valence-corrected chi connectivity index (χ0v) is 20.6. The van der Waals surface area contributed by atoms with Crippen LogP contribution < -0.4 is 13.6 Å². The zero-order chi connectivity index (χ0) is 20.8. The third kappa shape index (κ3) is 8.08. The Morgan fingerprint density at radius 3 is 2.43 bits per heavy atom. The van der Waals surface area contributed by atoms with Gasteiger partial charge in [-0.3, -0.25) is 0 Å². The molecule has 1 atom stereocenters. The summed E-state index contributed by atoms with van der Waals surface area (Å²) in [7, 11) is 0. The standard InChI is InChI=1S/C19H23N2O3.3CH3.Sn/c1-19(2,3)24-18(22)21-16(12-15-8-5-4-6-9-15)14-23-17-10-7-11-20-13-17;;;;/h4-6,8-11,13,16H,12,14H2,1-3H3,(H,21,22);3*1H3;. The van der Waals surface area contributed by atoms with E-state index in [1.165, 1.54) is 3.58 Å². The molecule has 2 aromatic rings. The van der Waals surface area contributed by atoms with Gasteiger partial charge in [0.25, 0.3) is 0 Å². The van der Waals surface area contributed by atoms with Gasteiger partial charge < -0.3 is 0 Å². The summed E-state index contributed by atoms with van der Waals surface area (Å²) >= 11 is -2.21. The van der Waals surface area contributed by atoms with E-state index in [0.29, 0.717) is 13.0 Å². The molecule has 1 aromatic heterocycles. The SMILES string of the molecule is CC(C)(C)OC(=O)NC(COc1cnc[c]([Sn]([CH3])([CH3])[CH3])c1)Cc1ccccc1. The number of nitrogens with zero attached hydrogens (tertiary/aromatic N) is 1. The molecule has 6 heteroatoms. The van der Waals surface area contributed by atoms with E-state index in [0.717, 1.165) is 11.3 Å². The Hall–Kier alpha value is -1.76. The van der Waals surface area contributed by atoms with Crippen LogP contribution in [0.3, 0.4) is 0 Å². The number of carbonyl (C=O) groups is 1. The van der Waals surface area contributed by atoms with Gasteiger partial charge in [-0.05, 0) is 0 Å². The molecule has 0 bridgehead atoms. The molecule has 0 fully saturated rings. The predicted octanol–water partition coefficient (Wildman–Crippen LogP) is 4.14. The van der Waals surface area contributed by atoms with Gasteiger partial charge >= 0.3 is 173 Å². The second kappa shape index (κ2) is 9.63. The van der Waals surface area contributed by atoms with E-state index in [-0.39, 0.29) is 6.04 Å². The maximum absolute atomic E-state index is 12.3. The van der Waals surface area contributed by atoms with E-state index in [4.69, 9.17) is 9.47 Å². The molecule has 28 heavy (non-hydrogen) atoms. The second-order valence-corrected chi connectivity index (χ2v) is 23.5. The van der Waals surface area contributed by atoms with Crippen molar-refractivity contribution in [2.24, 2.45) is 0 Å². The molecule has 1 N–H and O–H groups in total. The van der Waals surface area contributed by atoms with Crippen molar-refractivity contribution in [3.8, 4) is 5.75 Å². The number of ether oxygens (including phenoxy) is 2. The van der Waals surface area contributed by atoms with Crippen LogP contribution in [0.1, 0.15) is 26.3 Å². The minimum absolute atomic E-state index is 0.209.